The van der Waals surface area contributed by atoms with E-state index in [-0.39, 0.29) is 0 Å². The van der Waals surface area contributed by atoms with Crippen molar-refractivity contribution in [3.63, 3.8) is 0 Å². The SMILES string of the molecule is Cc1c(-c2c3c4cccc(-n5c6ccccc6c6ccccc65)c4n(C)c3cc[n+]2C)oc2ccccc12. The molecular formula is C34H26N3O+. The average Bonchev–Trinajstić information content (AvgIpc) is 3.57. The summed E-state index contributed by atoms with van der Waals surface area (Å²) in [5.41, 5.74) is 9.17. The van der Waals surface area contributed by atoms with Crippen LogP contribution in [0.3, 0.4) is 0 Å². The molecule has 0 unspecified atom stereocenters. The molecule has 0 spiro atoms. The van der Waals surface area contributed by atoms with Crippen LogP contribution in [-0.4, -0.2) is 9.13 Å². The topological polar surface area (TPSA) is 26.9 Å². The molecule has 182 valence electrons. The highest BCUT2D eigenvalue weighted by Gasteiger charge is 2.27. The predicted molar refractivity (Wildman–Crippen MR) is 156 cm³/mol. The van der Waals surface area contributed by atoms with Gasteiger partial charge in [-0.1, -0.05) is 66.7 Å². The van der Waals surface area contributed by atoms with E-state index in [1.54, 1.807) is 0 Å². The summed E-state index contributed by atoms with van der Waals surface area (Å²) in [6.07, 6.45) is 2.14. The van der Waals surface area contributed by atoms with Crippen molar-refractivity contribution in [1.82, 2.24) is 9.13 Å². The molecule has 0 atom stereocenters. The molecule has 4 aromatic heterocycles. The van der Waals surface area contributed by atoms with Crippen LogP contribution in [0.1, 0.15) is 5.56 Å². The summed E-state index contributed by atoms with van der Waals surface area (Å²) in [6.45, 7) is 2.16. The smallest absolute Gasteiger partial charge is 0.258 e. The first-order valence-corrected chi connectivity index (χ1v) is 13.0. The van der Waals surface area contributed by atoms with Gasteiger partial charge in [0.25, 0.3) is 5.69 Å². The molecule has 0 saturated carbocycles. The normalized spacial score (nSPS) is 12.1. The maximum atomic E-state index is 6.51. The molecule has 0 saturated heterocycles. The molecule has 4 aromatic carbocycles. The molecule has 4 heteroatoms. The minimum atomic E-state index is 0.920. The molecule has 38 heavy (non-hydrogen) atoms. The lowest BCUT2D eigenvalue weighted by molar-refractivity contribution is -0.659. The molecule has 0 fully saturated rings. The second kappa shape index (κ2) is 7.59. The molecule has 0 aliphatic heterocycles. The lowest BCUT2D eigenvalue weighted by Gasteiger charge is -2.11. The van der Waals surface area contributed by atoms with Gasteiger partial charge in [-0.05, 0) is 31.2 Å². The summed E-state index contributed by atoms with van der Waals surface area (Å²) in [5, 5.41) is 6.11. The lowest BCUT2D eigenvalue weighted by Crippen LogP contribution is -2.30. The third-order valence-electron chi connectivity index (χ3n) is 8.16. The fourth-order valence-electron chi connectivity index (χ4n) is 6.43. The fourth-order valence-corrected chi connectivity index (χ4v) is 6.43. The van der Waals surface area contributed by atoms with E-state index in [4.69, 9.17) is 4.42 Å². The van der Waals surface area contributed by atoms with E-state index in [0.29, 0.717) is 0 Å². The zero-order chi connectivity index (χ0) is 25.5. The molecule has 0 N–H and O–H groups in total. The van der Waals surface area contributed by atoms with Crippen LogP contribution in [0.25, 0.3) is 71.7 Å². The Labute approximate surface area is 219 Å². The first-order chi connectivity index (χ1) is 18.6. The Kier molecular flexibility index (Phi) is 4.25. The average molecular weight is 493 g/mol. The van der Waals surface area contributed by atoms with Gasteiger partial charge in [-0.25, -0.2) is 0 Å². The van der Waals surface area contributed by atoms with E-state index in [2.05, 4.69) is 132 Å². The van der Waals surface area contributed by atoms with Gasteiger partial charge in [-0.3, -0.25) is 0 Å². The molecule has 0 amide bonds. The van der Waals surface area contributed by atoms with Gasteiger partial charge in [0.15, 0.2) is 6.20 Å². The predicted octanol–water partition coefficient (Wildman–Crippen LogP) is 7.97. The summed E-state index contributed by atoms with van der Waals surface area (Å²) in [5.74, 6) is 0.925. The Balaban J connectivity index is 1.53. The Morgan fingerprint density at radius 2 is 1.29 bits per heavy atom. The summed E-state index contributed by atoms with van der Waals surface area (Å²) >= 11 is 0. The molecule has 0 bridgehead atoms. The van der Waals surface area contributed by atoms with E-state index < -0.39 is 0 Å². The van der Waals surface area contributed by atoms with Crippen molar-refractivity contribution < 1.29 is 8.98 Å². The van der Waals surface area contributed by atoms with Crippen molar-refractivity contribution in [3.8, 4) is 17.1 Å². The summed E-state index contributed by atoms with van der Waals surface area (Å²) in [6, 6.07) is 34.6. The van der Waals surface area contributed by atoms with Gasteiger partial charge in [0, 0.05) is 40.2 Å². The highest BCUT2D eigenvalue weighted by atomic mass is 16.3. The molecular weight excluding hydrogens is 466 g/mol. The van der Waals surface area contributed by atoms with Crippen molar-refractivity contribution >= 4 is 54.6 Å². The fraction of sp³-hybridized carbons (Fsp3) is 0.0882. The van der Waals surface area contributed by atoms with Crippen molar-refractivity contribution in [2.45, 2.75) is 6.92 Å². The van der Waals surface area contributed by atoms with Gasteiger partial charge in [0.1, 0.15) is 12.6 Å². The second-order valence-electron chi connectivity index (χ2n) is 10.2. The van der Waals surface area contributed by atoms with Crippen LogP contribution < -0.4 is 4.57 Å². The van der Waals surface area contributed by atoms with Crippen LogP contribution in [0.2, 0.25) is 0 Å². The van der Waals surface area contributed by atoms with E-state index in [1.807, 2.05) is 6.07 Å². The largest absolute Gasteiger partial charge is 0.449 e. The Morgan fingerprint density at radius 1 is 0.658 bits per heavy atom. The number of furan rings is 1. The number of aromatic nitrogens is 3. The first kappa shape index (κ1) is 21.3. The van der Waals surface area contributed by atoms with Gasteiger partial charge < -0.3 is 13.6 Å². The highest BCUT2D eigenvalue weighted by Crippen LogP contribution is 2.41. The number of fused-ring (bicyclic) bond motifs is 7. The maximum Gasteiger partial charge on any atom is 0.258 e. The van der Waals surface area contributed by atoms with Crippen molar-refractivity contribution in [1.29, 1.82) is 0 Å². The third kappa shape index (κ3) is 2.67. The van der Waals surface area contributed by atoms with Crippen molar-refractivity contribution in [3.05, 3.63) is 109 Å². The van der Waals surface area contributed by atoms with Gasteiger partial charge >= 0.3 is 0 Å². The molecule has 4 heterocycles. The third-order valence-corrected chi connectivity index (χ3v) is 8.16. The standard InChI is InChI=1S/C34H26N3O/c1-21-22-11-6-9-18-30(22)38-34(21)33-31-25-14-10-17-29(32(25)36(3)28(31)19-20-35(33)2)37-26-15-7-4-12-23(26)24-13-5-8-16-27(24)37/h4-20H,1-3H3/q+1. The summed E-state index contributed by atoms with van der Waals surface area (Å²) in [7, 11) is 4.29. The van der Waals surface area contributed by atoms with Crippen LogP contribution in [0, 0.1) is 6.92 Å². The molecule has 0 aliphatic carbocycles. The minimum Gasteiger partial charge on any atom is -0.449 e. The van der Waals surface area contributed by atoms with Crippen molar-refractivity contribution in [2.24, 2.45) is 14.1 Å². The zero-order valence-corrected chi connectivity index (χ0v) is 21.6. The Bertz CT molecular complexity index is 2170. The monoisotopic (exact) mass is 492 g/mol. The highest BCUT2D eigenvalue weighted by molar-refractivity contribution is 6.17. The van der Waals surface area contributed by atoms with Crippen LogP contribution in [0.5, 0.6) is 0 Å². The van der Waals surface area contributed by atoms with Crippen LogP contribution in [-0.2, 0) is 14.1 Å². The number of para-hydroxylation sites is 4. The summed E-state index contributed by atoms with van der Waals surface area (Å²) < 4.78 is 13.5. The first-order valence-electron chi connectivity index (χ1n) is 13.0. The number of aryl methyl sites for hydroxylation is 3. The quantitative estimate of drug-likeness (QED) is 0.225. The maximum absolute atomic E-state index is 6.51. The molecule has 4 nitrogen and oxygen atoms in total. The van der Waals surface area contributed by atoms with Crippen molar-refractivity contribution in [2.75, 3.05) is 0 Å². The Hall–Kier alpha value is -4.83. The molecule has 8 rings (SSSR count). The molecule has 0 aliphatic rings. The summed E-state index contributed by atoms with van der Waals surface area (Å²) in [4.78, 5) is 0. The number of rotatable bonds is 2. The van der Waals surface area contributed by atoms with E-state index in [9.17, 15) is 0 Å². The van der Waals surface area contributed by atoms with Crippen LogP contribution in [0.15, 0.2) is 108 Å². The van der Waals surface area contributed by atoms with E-state index in [1.165, 1.54) is 54.9 Å². The van der Waals surface area contributed by atoms with Gasteiger partial charge in [-0.15, -0.1) is 0 Å². The zero-order valence-electron chi connectivity index (χ0n) is 21.6. The number of hydrogen-bond donors (Lipinski definition) is 0. The number of nitrogens with zero attached hydrogens (tertiary/aromatic N) is 3. The van der Waals surface area contributed by atoms with Gasteiger partial charge in [-0.2, -0.15) is 4.57 Å². The number of hydrogen-bond acceptors (Lipinski definition) is 1. The molecule has 0 radical (unpaired) electrons. The minimum absolute atomic E-state index is 0.920. The Morgan fingerprint density at radius 3 is 2.00 bits per heavy atom. The van der Waals surface area contributed by atoms with E-state index >= 15 is 0 Å². The number of pyridine rings is 1. The van der Waals surface area contributed by atoms with Crippen LogP contribution >= 0.6 is 0 Å². The van der Waals surface area contributed by atoms with Crippen LogP contribution in [0.4, 0.5) is 0 Å². The second-order valence-corrected chi connectivity index (χ2v) is 10.2. The lowest BCUT2D eigenvalue weighted by atomic mass is 10.0. The van der Waals surface area contributed by atoms with Gasteiger partial charge in [0.05, 0.1) is 33.1 Å². The van der Waals surface area contributed by atoms with Gasteiger partial charge in [0.2, 0.25) is 5.76 Å². The molecule has 8 aromatic rings. The van der Waals surface area contributed by atoms with E-state index in [0.717, 1.165) is 22.4 Å². The number of benzene rings is 4.